The second-order valence-electron chi connectivity index (χ2n) is 4.73. The fourth-order valence-electron chi connectivity index (χ4n) is 2.01. The molecule has 2 nitrogen and oxygen atoms in total. The van der Waals surface area contributed by atoms with Gasteiger partial charge in [-0.05, 0) is 48.7 Å². The summed E-state index contributed by atoms with van der Waals surface area (Å²) >= 11 is 5.84. The van der Waals surface area contributed by atoms with Crippen LogP contribution in [0.25, 0.3) is 11.6 Å². The number of aliphatic carboxylic acids is 1. The maximum Gasteiger partial charge on any atom is 0.336 e. The van der Waals surface area contributed by atoms with Crippen molar-refractivity contribution in [3.05, 3.63) is 69.7 Å². The van der Waals surface area contributed by atoms with Crippen LogP contribution in [0, 0.1) is 13.8 Å². The first-order chi connectivity index (χ1) is 9.47. The average molecular weight is 287 g/mol. The highest BCUT2D eigenvalue weighted by atomic mass is 35.5. The number of carboxylic acid groups (broad SMARTS) is 1. The number of carboxylic acids is 1. The molecule has 0 aliphatic rings. The summed E-state index contributed by atoms with van der Waals surface area (Å²) < 4.78 is 0. The van der Waals surface area contributed by atoms with Gasteiger partial charge in [-0.15, -0.1) is 0 Å². The molecule has 0 spiro atoms. The van der Waals surface area contributed by atoms with E-state index in [1.807, 2.05) is 32.0 Å². The maximum atomic E-state index is 11.5. The third-order valence-electron chi connectivity index (χ3n) is 3.09. The van der Waals surface area contributed by atoms with Crippen molar-refractivity contribution in [2.45, 2.75) is 13.8 Å². The molecule has 0 aromatic heterocycles. The van der Waals surface area contributed by atoms with E-state index in [-0.39, 0.29) is 5.57 Å². The zero-order chi connectivity index (χ0) is 14.7. The fraction of sp³-hybridized carbons (Fsp3) is 0.118. The number of hydrogen-bond donors (Lipinski definition) is 1. The zero-order valence-corrected chi connectivity index (χ0v) is 12.1. The molecule has 0 aliphatic heterocycles. The van der Waals surface area contributed by atoms with Gasteiger partial charge in [0.25, 0.3) is 0 Å². The first-order valence-electron chi connectivity index (χ1n) is 6.25. The smallest absolute Gasteiger partial charge is 0.336 e. The Bertz CT molecular complexity index is 670. The maximum absolute atomic E-state index is 11.5. The highest BCUT2D eigenvalue weighted by Crippen LogP contribution is 2.24. The molecule has 2 aromatic carbocycles. The molecule has 20 heavy (non-hydrogen) atoms. The summed E-state index contributed by atoms with van der Waals surface area (Å²) in [6.45, 7) is 3.86. The summed E-state index contributed by atoms with van der Waals surface area (Å²) in [4.78, 5) is 11.5. The van der Waals surface area contributed by atoms with Gasteiger partial charge in [0.15, 0.2) is 0 Å². The Labute approximate surface area is 123 Å². The second-order valence-corrected chi connectivity index (χ2v) is 5.17. The average Bonchev–Trinajstić information content (AvgIpc) is 2.41. The Kier molecular flexibility index (Phi) is 4.26. The van der Waals surface area contributed by atoms with Crippen LogP contribution in [-0.4, -0.2) is 11.1 Å². The number of hydrogen-bond acceptors (Lipinski definition) is 1. The fourth-order valence-corrected chi connectivity index (χ4v) is 2.13. The predicted octanol–water partition coefficient (Wildman–Crippen LogP) is 4.58. The quantitative estimate of drug-likeness (QED) is 0.662. The van der Waals surface area contributed by atoms with E-state index in [0.29, 0.717) is 5.02 Å². The van der Waals surface area contributed by atoms with Crippen LogP contribution >= 0.6 is 11.6 Å². The Hall–Kier alpha value is -2.06. The van der Waals surface area contributed by atoms with E-state index in [9.17, 15) is 9.90 Å². The van der Waals surface area contributed by atoms with Gasteiger partial charge in [0.05, 0.1) is 5.57 Å². The van der Waals surface area contributed by atoms with Crippen molar-refractivity contribution in [2.24, 2.45) is 0 Å². The topological polar surface area (TPSA) is 37.3 Å². The molecule has 0 aliphatic carbocycles. The molecule has 102 valence electrons. The number of halogens is 1. The largest absolute Gasteiger partial charge is 0.478 e. The van der Waals surface area contributed by atoms with Crippen molar-refractivity contribution in [3.63, 3.8) is 0 Å². The van der Waals surface area contributed by atoms with Crippen molar-refractivity contribution in [1.82, 2.24) is 0 Å². The molecule has 2 rings (SSSR count). The number of rotatable bonds is 3. The lowest BCUT2D eigenvalue weighted by molar-refractivity contribution is -0.130. The molecule has 0 atom stereocenters. The van der Waals surface area contributed by atoms with Gasteiger partial charge >= 0.3 is 5.97 Å². The first kappa shape index (κ1) is 14.4. The van der Waals surface area contributed by atoms with Gasteiger partial charge in [-0.3, -0.25) is 0 Å². The third-order valence-corrected chi connectivity index (χ3v) is 3.35. The molecule has 0 radical (unpaired) electrons. The summed E-state index contributed by atoms with van der Waals surface area (Å²) in [5.41, 5.74) is 3.82. The van der Waals surface area contributed by atoms with E-state index >= 15 is 0 Å². The van der Waals surface area contributed by atoms with Gasteiger partial charge in [-0.1, -0.05) is 47.5 Å². The molecular formula is C17H15ClO2. The molecule has 1 N–H and O–H groups in total. The van der Waals surface area contributed by atoms with Gasteiger partial charge in [0, 0.05) is 5.02 Å². The van der Waals surface area contributed by atoms with E-state index in [4.69, 9.17) is 11.6 Å². The Morgan fingerprint density at radius 2 is 1.75 bits per heavy atom. The molecule has 0 fully saturated rings. The van der Waals surface area contributed by atoms with Crippen LogP contribution in [0.5, 0.6) is 0 Å². The van der Waals surface area contributed by atoms with E-state index in [0.717, 1.165) is 22.3 Å². The molecule has 0 saturated heterocycles. The zero-order valence-electron chi connectivity index (χ0n) is 11.4. The van der Waals surface area contributed by atoms with Crippen molar-refractivity contribution in [2.75, 3.05) is 0 Å². The summed E-state index contributed by atoms with van der Waals surface area (Å²) in [6, 6.07) is 12.9. The van der Waals surface area contributed by atoms with Crippen molar-refractivity contribution in [3.8, 4) is 0 Å². The Morgan fingerprint density at radius 3 is 2.35 bits per heavy atom. The molecule has 0 bridgehead atoms. The van der Waals surface area contributed by atoms with Gasteiger partial charge in [-0.2, -0.15) is 0 Å². The monoisotopic (exact) mass is 286 g/mol. The minimum absolute atomic E-state index is 0.286. The molecule has 0 amide bonds. The molecule has 3 heteroatoms. The van der Waals surface area contributed by atoms with E-state index in [1.165, 1.54) is 0 Å². The van der Waals surface area contributed by atoms with E-state index in [1.54, 1.807) is 30.3 Å². The summed E-state index contributed by atoms with van der Waals surface area (Å²) in [5.74, 6) is -0.936. The number of benzene rings is 2. The standard InChI is InChI=1S/C17H15ClO2/c1-11-3-4-12(2)15(9-11)16(17(19)20)10-13-5-7-14(18)8-6-13/h3-10H,1-2H3,(H,19,20)/b16-10-. The van der Waals surface area contributed by atoms with E-state index in [2.05, 4.69) is 0 Å². The minimum atomic E-state index is -0.936. The van der Waals surface area contributed by atoms with Gasteiger partial charge in [0.2, 0.25) is 0 Å². The Morgan fingerprint density at radius 1 is 1.10 bits per heavy atom. The van der Waals surface area contributed by atoms with Crippen molar-refractivity contribution >= 4 is 29.2 Å². The van der Waals surface area contributed by atoms with Crippen LogP contribution < -0.4 is 0 Å². The summed E-state index contributed by atoms with van der Waals surface area (Å²) in [6.07, 6.45) is 1.67. The van der Waals surface area contributed by atoms with Crippen molar-refractivity contribution < 1.29 is 9.90 Å². The summed E-state index contributed by atoms with van der Waals surface area (Å²) in [7, 11) is 0. The third kappa shape index (κ3) is 3.28. The van der Waals surface area contributed by atoms with Crippen LogP contribution in [0.2, 0.25) is 5.02 Å². The van der Waals surface area contributed by atoms with Crippen LogP contribution in [0.15, 0.2) is 42.5 Å². The van der Waals surface area contributed by atoms with Gasteiger partial charge < -0.3 is 5.11 Å². The number of aryl methyl sites for hydroxylation is 2. The molecule has 0 saturated carbocycles. The van der Waals surface area contributed by atoms with E-state index < -0.39 is 5.97 Å². The molecule has 0 unspecified atom stereocenters. The second kappa shape index (κ2) is 5.93. The minimum Gasteiger partial charge on any atom is -0.478 e. The van der Waals surface area contributed by atoms with Gasteiger partial charge in [0.1, 0.15) is 0 Å². The normalized spacial score (nSPS) is 11.4. The van der Waals surface area contributed by atoms with Crippen LogP contribution in [-0.2, 0) is 4.79 Å². The predicted molar refractivity (Wildman–Crippen MR) is 82.9 cm³/mol. The highest BCUT2D eigenvalue weighted by Gasteiger charge is 2.13. The number of carbonyl (C=O) groups is 1. The van der Waals surface area contributed by atoms with Crippen LogP contribution in [0.4, 0.5) is 0 Å². The van der Waals surface area contributed by atoms with Crippen LogP contribution in [0.1, 0.15) is 22.3 Å². The molecule has 2 aromatic rings. The molecular weight excluding hydrogens is 272 g/mol. The first-order valence-corrected chi connectivity index (χ1v) is 6.63. The molecule has 0 heterocycles. The summed E-state index contributed by atoms with van der Waals surface area (Å²) in [5, 5.41) is 10.1. The SMILES string of the molecule is Cc1ccc(C)c(/C(=C/c2ccc(Cl)cc2)C(=O)O)c1. The van der Waals surface area contributed by atoms with Crippen LogP contribution in [0.3, 0.4) is 0 Å². The lowest BCUT2D eigenvalue weighted by atomic mass is 9.96. The van der Waals surface area contributed by atoms with Crippen molar-refractivity contribution in [1.29, 1.82) is 0 Å². The lowest BCUT2D eigenvalue weighted by Crippen LogP contribution is -2.02. The highest BCUT2D eigenvalue weighted by molar-refractivity contribution is 6.30. The Balaban J connectivity index is 2.54. The van der Waals surface area contributed by atoms with Gasteiger partial charge in [-0.25, -0.2) is 4.79 Å². The lowest BCUT2D eigenvalue weighted by Gasteiger charge is -2.08.